The van der Waals surface area contributed by atoms with Crippen LogP contribution in [0.3, 0.4) is 0 Å². The number of thioether (sulfide) groups is 1. The zero-order valence-corrected chi connectivity index (χ0v) is 26.8. The van der Waals surface area contributed by atoms with Crippen molar-refractivity contribution in [2.24, 2.45) is 4.99 Å². The third-order valence-corrected chi connectivity index (χ3v) is 8.17. The molecule has 4 aromatic rings. The number of benzene rings is 3. The number of hydrogen-bond donors (Lipinski definition) is 1. The third kappa shape index (κ3) is 8.70. The molecule has 5 rings (SSSR count). The topological polar surface area (TPSA) is 111 Å². The number of rotatable bonds is 11. The predicted molar refractivity (Wildman–Crippen MR) is 174 cm³/mol. The number of aromatic nitrogens is 3. The van der Waals surface area contributed by atoms with E-state index in [4.69, 9.17) is 4.74 Å². The normalized spacial score (nSPS) is 14.2. The van der Waals surface area contributed by atoms with Crippen LogP contribution in [-0.2, 0) is 11.2 Å². The molecule has 0 unspecified atom stereocenters. The number of nitrogens with zero attached hydrogens (tertiary/aromatic N) is 5. The molecule has 47 heavy (non-hydrogen) atoms. The van der Waals surface area contributed by atoms with Crippen LogP contribution in [-0.4, -0.2) is 57.6 Å². The van der Waals surface area contributed by atoms with E-state index in [1.54, 1.807) is 13.2 Å². The number of aliphatic imine (C=N–C) groups is 1. The smallest absolute Gasteiger partial charge is 0.497 e. The number of carbonyl (C=O) groups is 2. The lowest BCUT2D eigenvalue weighted by molar-refractivity contribution is -0.274. The first-order valence-electron chi connectivity index (χ1n) is 14.9. The number of aryl methyl sites for hydroxylation is 1. The van der Waals surface area contributed by atoms with Crippen LogP contribution in [0, 0.1) is 0 Å². The number of nitrogens with one attached hydrogen (secondary N) is 1. The summed E-state index contributed by atoms with van der Waals surface area (Å²) in [6.45, 7) is 4.49. The second kappa shape index (κ2) is 14.7. The minimum absolute atomic E-state index is 0.144. The number of anilines is 1. The zero-order valence-electron chi connectivity index (χ0n) is 26.0. The lowest BCUT2D eigenvalue weighted by Gasteiger charge is -2.22. The molecule has 0 spiro atoms. The van der Waals surface area contributed by atoms with Crippen molar-refractivity contribution >= 4 is 34.6 Å². The molecule has 10 nitrogen and oxygen atoms in total. The van der Waals surface area contributed by atoms with E-state index in [2.05, 4.69) is 25.1 Å². The first kappa shape index (κ1) is 33.5. The van der Waals surface area contributed by atoms with Crippen LogP contribution in [0.4, 0.5) is 23.7 Å². The molecule has 0 bridgehead atoms. The van der Waals surface area contributed by atoms with E-state index in [1.165, 1.54) is 51.9 Å². The number of ether oxygens (including phenoxy) is 2. The third-order valence-electron chi connectivity index (χ3n) is 7.24. The van der Waals surface area contributed by atoms with Crippen LogP contribution < -0.4 is 19.7 Å². The maximum absolute atomic E-state index is 12.8. The Kier molecular flexibility index (Phi) is 10.5. The quantitative estimate of drug-likeness (QED) is 0.170. The van der Waals surface area contributed by atoms with Gasteiger partial charge in [-0.15, -0.1) is 18.3 Å². The van der Waals surface area contributed by atoms with Gasteiger partial charge in [0.1, 0.15) is 17.8 Å². The second-order valence-corrected chi connectivity index (χ2v) is 11.9. The van der Waals surface area contributed by atoms with Gasteiger partial charge in [-0.1, -0.05) is 49.9 Å². The molecule has 1 N–H and O–H groups in total. The van der Waals surface area contributed by atoms with Crippen molar-refractivity contribution in [2.75, 3.05) is 24.3 Å². The van der Waals surface area contributed by atoms with Crippen LogP contribution in [0.2, 0.25) is 0 Å². The van der Waals surface area contributed by atoms with Crippen LogP contribution in [0.25, 0.3) is 17.1 Å². The van der Waals surface area contributed by atoms with E-state index in [0.29, 0.717) is 41.1 Å². The molecule has 0 aliphatic carbocycles. The van der Waals surface area contributed by atoms with Gasteiger partial charge in [0.05, 0.1) is 24.2 Å². The highest BCUT2D eigenvalue weighted by Crippen LogP contribution is 2.36. The number of amidine groups is 1. The largest absolute Gasteiger partial charge is 0.573 e. The summed E-state index contributed by atoms with van der Waals surface area (Å²) in [7, 11) is 1.56. The van der Waals surface area contributed by atoms with E-state index >= 15 is 0 Å². The second-order valence-electron chi connectivity index (χ2n) is 10.9. The molecular formula is C33H33F3N6O4S. The van der Waals surface area contributed by atoms with Crippen molar-refractivity contribution in [3.05, 3.63) is 84.2 Å². The Labute approximate surface area is 274 Å². The maximum Gasteiger partial charge on any atom is 0.573 e. The molecule has 1 fully saturated rings. The minimum Gasteiger partial charge on any atom is -0.497 e. The standard InChI is InChI=1S/C33H33F3N6O4S/c1-21(2)27-15-14-26(45-3)18-28(27)42-29(43)19-47-32(42)39-31(44)37-16-5-4-7-22-8-6-9-23(17-22)30-38-20-41(40-30)24-10-12-25(13-11-24)46-33(34,35)36/h6,8-15,17-18,20-21H,4-5,7,16,19H2,1-3H3,(H,37,44). The number of carbonyl (C=O) groups excluding carboxylic acids is 2. The fraction of sp³-hybridized carbons (Fsp3) is 0.303. The first-order valence-corrected chi connectivity index (χ1v) is 15.9. The number of hydrogen-bond acceptors (Lipinski definition) is 7. The van der Waals surface area contributed by atoms with Crippen LogP contribution >= 0.6 is 11.8 Å². The monoisotopic (exact) mass is 666 g/mol. The number of unbranched alkanes of at least 4 members (excludes halogenated alkanes) is 1. The van der Waals surface area contributed by atoms with Crippen molar-refractivity contribution in [3.63, 3.8) is 0 Å². The summed E-state index contributed by atoms with van der Waals surface area (Å²) in [5.74, 6) is 0.970. The molecule has 1 saturated heterocycles. The summed E-state index contributed by atoms with van der Waals surface area (Å²) in [6.07, 6.45) is -0.995. The number of methoxy groups -OCH3 is 1. The van der Waals surface area contributed by atoms with Gasteiger partial charge in [0, 0.05) is 18.2 Å². The van der Waals surface area contributed by atoms with Gasteiger partial charge in [-0.3, -0.25) is 9.69 Å². The molecule has 3 aromatic carbocycles. The Hall–Kier alpha value is -4.85. The number of urea groups is 1. The number of alkyl halides is 3. The first-order chi connectivity index (χ1) is 22.5. The Morgan fingerprint density at radius 1 is 1.06 bits per heavy atom. The van der Waals surface area contributed by atoms with E-state index in [9.17, 15) is 22.8 Å². The van der Waals surface area contributed by atoms with Crippen molar-refractivity contribution in [1.29, 1.82) is 0 Å². The fourth-order valence-electron chi connectivity index (χ4n) is 4.98. The average molecular weight is 667 g/mol. The van der Waals surface area contributed by atoms with Gasteiger partial charge in [0.25, 0.3) is 0 Å². The lowest BCUT2D eigenvalue weighted by atomic mass is 10.00. The SMILES string of the molecule is COc1ccc(C(C)C)c(N2C(=O)CSC2=NC(=O)NCCCCc2cccc(-c3ncn(-c4ccc(OC(F)(F)F)cc4)n3)c2)c1. The van der Waals surface area contributed by atoms with Gasteiger partial charge in [0.15, 0.2) is 11.0 Å². The summed E-state index contributed by atoms with van der Waals surface area (Å²) in [5, 5.41) is 7.63. The summed E-state index contributed by atoms with van der Waals surface area (Å²) in [6, 6.07) is 18.2. The maximum atomic E-state index is 12.8. The van der Waals surface area contributed by atoms with E-state index < -0.39 is 12.4 Å². The van der Waals surface area contributed by atoms with E-state index in [-0.39, 0.29) is 23.3 Å². The summed E-state index contributed by atoms with van der Waals surface area (Å²) in [4.78, 5) is 35.6. The van der Waals surface area contributed by atoms with Gasteiger partial charge in [-0.2, -0.15) is 4.99 Å². The molecule has 3 amide bonds. The average Bonchev–Trinajstić information content (AvgIpc) is 3.67. The molecule has 14 heteroatoms. The van der Waals surface area contributed by atoms with Crippen LogP contribution in [0.1, 0.15) is 43.7 Å². The Balaban J connectivity index is 1.13. The molecule has 1 aliphatic heterocycles. The van der Waals surface area contributed by atoms with Crippen molar-refractivity contribution in [1.82, 2.24) is 20.1 Å². The summed E-state index contributed by atoms with van der Waals surface area (Å²) in [5.41, 5.74) is 4.02. The van der Waals surface area contributed by atoms with Crippen molar-refractivity contribution < 1.29 is 32.2 Å². The Morgan fingerprint density at radius 2 is 1.83 bits per heavy atom. The van der Waals surface area contributed by atoms with Crippen molar-refractivity contribution in [3.8, 4) is 28.6 Å². The highest BCUT2D eigenvalue weighted by molar-refractivity contribution is 8.15. The summed E-state index contributed by atoms with van der Waals surface area (Å²) >= 11 is 1.23. The Bertz CT molecular complexity index is 1760. The summed E-state index contributed by atoms with van der Waals surface area (Å²) < 4.78 is 48.1. The molecule has 2 heterocycles. The van der Waals surface area contributed by atoms with Gasteiger partial charge in [0.2, 0.25) is 5.91 Å². The van der Waals surface area contributed by atoms with Gasteiger partial charge < -0.3 is 14.8 Å². The number of amides is 3. The van der Waals surface area contributed by atoms with Gasteiger partial charge in [-0.25, -0.2) is 14.5 Å². The predicted octanol–water partition coefficient (Wildman–Crippen LogP) is 7.13. The molecular weight excluding hydrogens is 633 g/mol. The zero-order chi connectivity index (χ0) is 33.6. The van der Waals surface area contributed by atoms with E-state index in [1.807, 2.05) is 50.2 Å². The number of halogens is 3. The minimum atomic E-state index is -4.76. The molecule has 1 aliphatic rings. The highest BCUT2D eigenvalue weighted by Gasteiger charge is 2.33. The van der Waals surface area contributed by atoms with Gasteiger partial charge >= 0.3 is 12.4 Å². The lowest BCUT2D eigenvalue weighted by Crippen LogP contribution is -2.32. The highest BCUT2D eigenvalue weighted by atomic mass is 32.2. The molecule has 0 radical (unpaired) electrons. The fourth-order valence-corrected chi connectivity index (χ4v) is 5.83. The molecule has 246 valence electrons. The molecule has 1 aromatic heterocycles. The van der Waals surface area contributed by atoms with Gasteiger partial charge in [-0.05, 0) is 72.7 Å². The van der Waals surface area contributed by atoms with Crippen molar-refractivity contribution in [2.45, 2.75) is 45.4 Å². The Morgan fingerprint density at radius 3 is 2.55 bits per heavy atom. The van der Waals surface area contributed by atoms with Crippen LogP contribution in [0.15, 0.2) is 78.0 Å². The molecule has 0 saturated carbocycles. The van der Waals surface area contributed by atoms with E-state index in [0.717, 1.165) is 29.5 Å². The molecule has 0 atom stereocenters. The van der Waals surface area contributed by atoms with Crippen LogP contribution in [0.5, 0.6) is 11.5 Å².